The van der Waals surface area contributed by atoms with Gasteiger partial charge in [0.05, 0.1) is 5.56 Å². The van der Waals surface area contributed by atoms with Gasteiger partial charge in [0.2, 0.25) is 0 Å². The van der Waals surface area contributed by atoms with Gasteiger partial charge in [0.1, 0.15) is 5.82 Å². The van der Waals surface area contributed by atoms with Crippen molar-refractivity contribution >= 4 is 0 Å². The molecule has 1 aromatic carbocycles. The van der Waals surface area contributed by atoms with E-state index >= 15 is 0 Å². The van der Waals surface area contributed by atoms with Crippen LogP contribution in [0.25, 0.3) is 11.1 Å². The average Bonchev–Trinajstić information content (AvgIpc) is 2.37. The first-order valence-electron chi connectivity index (χ1n) is 6.12. The van der Waals surface area contributed by atoms with Crippen molar-refractivity contribution in [3.05, 3.63) is 53.6 Å². The Morgan fingerprint density at radius 1 is 1.10 bits per heavy atom. The molecule has 0 spiro atoms. The number of hydrogen-bond acceptors (Lipinski definition) is 1. The summed E-state index contributed by atoms with van der Waals surface area (Å²) in [5.74, 6) is -0.693. The van der Waals surface area contributed by atoms with Crippen LogP contribution in [-0.2, 0) is 6.18 Å². The minimum absolute atomic E-state index is 0.110. The lowest BCUT2D eigenvalue weighted by molar-refractivity contribution is -0.137. The van der Waals surface area contributed by atoms with Crippen LogP contribution in [0.1, 0.15) is 31.0 Å². The third-order valence-corrected chi connectivity index (χ3v) is 2.96. The number of alkyl halides is 3. The van der Waals surface area contributed by atoms with Crippen LogP contribution < -0.4 is 0 Å². The number of nitrogens with zero attached hydrogens (tertiary/aromatic N) is 1. The molecule has 0 radical (unpaired) electrons. The minimum atomic E-state index is -4.51. The fraction of sp³-hybridized carbons (Fsp3) is 0.267. The van der Waals surface area contributed by atoms with Crippen LogP contribution >= 0.6 is 0 Å². The van der Waals surface area contributed by atoms with Gasteiger partial charge in [0, 0.05) is 17.5 Å². The standard InChI is InChI=1S/C15H13F4N/c1-9(2)14-7-13(15(17,18)19)12(8-20-14)10-4-3-5-11(16)6-10/h3-9H,1-2H3. The molecule has 2 aromatic rings. The molecule has 0 unspecified atom stereocenters. The van der Waals surface area contributed by atoms with E-state index < -0.39 is 17.6 Å². The van der Waals surface area contributed by atoms with Crippen molar-refractivity contribution in [3.63, 3.8) is 0 Å². The lowest BCUT2D eigenvalue weighted by atomic mass is 9.98. The summed E-state index contributed by atoms with van der Waals surface area (Å²) >= 11 is 0. The fourth-order valence-corrected chi connectivity index (χ4v) is 1.91. The lowest BCUT2D eigenvalue weighted by Gasteiger charge is -2.15. The molecule has 2 rings (SSSR count). The van der Waals surface area contributed by atoms with Gasteiger partial charge in [-0.25, -0.2) is 4.39 Å². The van der Waals surface area contributed by atoms with Crippen molar-refractivity contribution in [1.82, 2.24) is 4.98 Å². The highest BCUT2D eigenvalue weighted by atomic mass is 19.4. The summed E-state index contributed by atoms with van der Waals surface area (Å²) in [6, 6.07) is 6.10. The average molecular weight is 283 g/mol. The molecule has 1 nitrogen and oxygen atoms in total. The third-order valence-electron chi connectivity index (χ3n) is 2.96. The van der Waals surface area contributed by atoms with E-state index in [-0.39, 0.29) is 17.0 Å². The van der Waals surface area contributed by atoms with Crippen LogP contribution in [0.4, 0.5) is 17.6 Å². The van der Waals surface area contributed by atoms with Gasteiger partial charge >= 0.3 is 6.18 Å². The molecule has 0 aliphatic heterocycles. The van der Waals surface area contributed by atoms with E-state index in [0.29, 0.717) is 5.69 Å². The molecule has 1 heterocycles. The molecule has 0 aliphatic carbocycles. The Morgan fingerprint density at radius 2 is 1.80 bits per heavy atom. The van der Waals surface area contributed by atoms with E-state index in [4.69, 9.17) is 0 Å². The quantitative estimate of drug-likeness (QED) is 0.704. The second-order valence-corrected chi connectivity index (χ2v) is 4.82. The lowest BCUT2D eigenvalue weighted by Crippen LogP contribution is -2.09. The van der Waals surface area contributed by atoms with Crippen LogP contribution in [0.3, 0.4) is 0 Å². The van der Waals surface area contributed by atoms with Gasteiger partial charge in [-0.3, -0.25) is 4.98 Å². The predicted octanol–water partition coefficient (Wildman–Crippen LogP) is 5.03. The second kappa shape index (κ2) is 5.23. The van der Waals surface area contributed by atoms with E-state index in [9.17, 15) is 17.6 Å². The Balaban J connectivity index is 2.64. The van der Waals surface area contributed by atoms with Crippen molar-refractivity contribution in [2.24, 2.45) is 0 Å². The number of halogens is 4. The monoisotopic (exact) mass is 283 g/mol. The summed E-state index contributed by atoms with van der Waals surface area (Å²) in [5.41, 5.74) is -0.374. The molecular weight excluding hydrogens is 270 g/mol. The fourth-order valence-electron chi connectivity index (χ4n) is 1.91. The first-order valence-corrected chi connectivity index (χ1v) is 6.12. The van der Waals surface area contributed by atoms with Crippen LogP contribution in [-0.4, -0.2) is 4.98 Å². The van der Waals surface area contributed by atoms with Crippen molar-refractivity contribution in [2.45, 2.75) is 25.9 Å². The van der Waals surface area contributed by atoms with Gasteiger partial charge in [0.15, 0.2) is 0 Å². The number of pyridine rings is 1. The number of benzene rings is 1. The van der Waals surface area contributed by atoms with E-state index in [0.717, 1.165) is 18.3 Å². The Kier molecular flexibility index (Phi) is 3.79. The smallest absolute Gasteiger partial charge is 0.260 e. The van der Waals surface area contributed by atoms with E-state index in [1.165, 1.54) is 18.2 Å². The van der Waals surface area contributed by atoms with Gasteiger partial charge in [0.25, 0.3) is 0 Å². The highest BCUT2D eigenvalue weighted by Crippen LogP contribution is 2.38. The number of hydrogen-bond donors (Lipinski definition) is 0. The molecule has 106 valence electrons. The molecule has 0 aliphatic rings. The van der Waals surface area contributed by atoms with E-state index in [2.05, 4.69) is 4.98 Å². The van der Waals surface area contributed by atoms with Gasteiger partial charge in [-0.05, 0) is 29.7 Å². The third kappa shape index (κ3) is 2.98. The van der Waals surface area contributed by atoms with Crippen molar-refractivity contribution < 1.29 is 17.6 Å². The number of rotatable bonds is 2. The zero-order valence-corrected chi connectivity index (χ0v) is 11.0. The van der Waals surface area contributed by atoms with E-state index in [1.54, 1.807) is 13.8 Å². The molecule has 1 aromatic heterocycles. The van der Waals surface area contributed by atoms with Gasteiger partial charge in [-0.15, -0.1) is 0 Å². The zero-order chi connectivity index (χ0) is 14.9. The Labute approximate surface area is 114 Å². The van der Waals surface area contributed by atoms with Crippen molar-refractivity contribution in [3.8, 4) is 11.1 Å². The molecule has 0 bridgehead atoms. The molecule has 20 heavy (non-hydrogen) atoms. The first kappa shape index (κ1) is 14.5. The normalized spacial score (nSPS) is 11.9. The van der Waals surface area contributed by atoms with Crippen molar-refractivity contribution in [1.29, 1.82) is 0 Å². The summed E-state index contributed by atoms with van der Waals surface area (Å²) < 4.78 is 52.7. The topological polar surface area (TPSA) is 12.9 Å². The molecule has 0 amide bonds. The minimum Gasteiger partial charge on any atom is -0.260 e. The largest absolute Gasteiger partial charge is 0.417 e. The summed E-state index contributed by atoms with van der Waals surface area (Å²) in [6.07, 6.45) is -3.35. The van der Waals surface area contributed by atoms with Crippen molar-refractivity contribution in [2.75, 3.05) is 0 Å². The van der Waals surface area contributed by atoms with Crippen LogP contribution in [0, 0.1) is 5.82 Å². The van der Waals surface area contributed by atoms with Crippen LogP contribution in [0.2, 0.25) is 0 Å². The highest BCUT2D eigenvalue weighted by Gasteiger charge is 2.34. The SMILES string of the molecule is CC(C)c1cc(C(F)(F)F)c(-c2cccc(F)c2)cn1. The van der Waals surface area contributed by atoms with Gasteiger partial charge in [-0.2, -0.15) is 13.2 Å². The highest BCUT2D eigenvalue weighted by molar-refractivity contribution is 5.67. The Hall–Kier alpha value is -1.91. The van der Waals surface area contributed by atoms with Crippen LogP contribution in [0.5, 0.6) is 0 Å². The molecule has 0 atom stereocenters. The second-order valence-electron chi connectivity index (χ2n) is 4.82. The molecule has 0 N–H and O–H groups in total. The predicted molar refractivity (Wildman–Crippen MR) is 68.7 cm³/mol. The maximum absolute atomic E-state index is 13.2. The zero-order valence-electron chi connectivity index (χ0n) is 11.0. The molecular formula is C15H13F4N. The summed E-state index contributed by atoms with van der Waals surface area (Å²) in [6.45, 7) is 3.54. The Morgan fingerprint density at radius 3 is 2.35 bits per heavy atom. The Bertz CT molecular complexity index is 618. The maximum Gasteiger partial charge on any atom is 0.417 e. The maximum atomic E-state index is 13.2. The number of aromatic nitrogens is 1. The van der Waals surface area contributed by atoms with Gasteiger partial charge < -0.3 is 0 Å². The molecule has 0 saturated carbocycles. The van der Waals surface area contributed by atoms with Gasteiger partial charge in [-0.1, -0.05) is 26.0 Å². The van der Waals surface area contributed by atoms with E-state index in [1.807, 2.05) is 0 Å². The van der Waals surface area contributed by atoms with Crippen LogP contribution in [0.15, 0.2) is 36.5 Å². The first-order chi connectivity index (χ1) is 9.29. The molecule has 0 saturated heterocycles. The summed E-state index contributed by atoms with van der Waals surface area (Å²) in [7, 11) is 0. The molecule has 5 heteroatoms. The summed E-state index contributed by atoms with van der Waals surface area (Å²) in [4.78, 5) is 4.04. The molecule has 0 fully saturated rings. The summed E-state index contributed by atoms with van der Waals surface area (Å²) in [5, 5.41) is 0.